The van der Waals surface area contributed by atoms with E-state index in [4.69, 9.17) is 0 Å². The third-order valence-electron chi connectivity index (χ3n) is 4.31. The number of carbonyl (C=O) groups excluding carboxylic acids is 2. The third kappa shape index (κ3) is 3.47. The molecule has 2 aliphatic heterocycles. The number of nitrogens with zero attached hydrogens (tertiary/aromatic N) is 3. The second-order valence-corrected chi connectivity index (χ2v) is 6.83. The first-order chi connectivity index (χ1) is 10.6. The molecule has 6 nitrogen and oxygen atoms in total. The first kappa shape index (κ1) is 15.4. The third-order valence-corrected chi connectivity index (χ3v) is 5.08. The summed E-state index contributed by atoms with van der Waals surface area (Å²) in [5.41, 5.74) is 0.973. The lowest BCUT2D eigenvalue weighted by atomic mass is 10.1. The molecule has 7 heteroatoms. The van der Waals surface area contributed by atoms with Crippen LogP contribution >= 0.6 is 11.3 Å². The lowest BCUT2D eigenvalue weighted by molar-refractivity contribution is -0.131. The van der Waals surface area contributed by atoms with Crippen molar-refractivity contribution in [3.05, 3.63) is 11.1 Å². The van der Waals surface area contributed by atoms with Crippen molar-refractivity contribution in [1.82, 2.24) is 14.8 Å². The molecular formula is C15H22N4O2S. The highest BCUT2D eigenvalue weighted by molar-refractivity contribution is 7.13. The Bertz CT molecular complexity index is 553. The molecule has 2 aliphatic rings. The van der Waals surface area contributed by atoms with Gasteiger partial charge in [0.15, 0.2) is 5.13 Å². The number of hydrogen-bond donors (Lipinski definition) is 1. The van der Waals surface area contributed by atoms with Gasteiger partial charge in [0.25, 0.3) is 0 Å². The standard InChI is InChI=1S/C15H22N4O2S/c1-11(20)16-15-17-12(10-22-15)13-5-4-8-19(13)9-14(21)18-6-2-3-7-18/h10,13H,2-9H2,1H3,(H,16,17,20). The van der Waals surface area contributed by atoms with Crippen LogP contribution in [0.4, 0.5) is 5.13 Å². The van der Waals surface area contributed by atoms with Gasteiger partial charge in [-0.05, 0) is 32.2 Å². The van der Waals surface area contributed by atoms with E-state index in [1.54, 1.807) is 0 Å². The fourth-order valence-corrected chi connectivity index (χ4v) is 4.04. The van der Waals surface area contributed by atoms with E-state index in [9.17, 15) is 9.59 Å². The number of hydrogen-bond acceptors (Lipinski definition) is 5. The van der Waals surface area contributed by atoms with Crippen LogP contribution in [0.15, 0.2) is 5.38 Å². The van der Waals surface area contributed by atoms with Gasteiger partial charge >= 0.3 is 0 Å². The number of thiazole rings is 1. The maximum Gasteiger partial charge on any atom is 0.236 e. The van der Waals surface area contributed by atoms with Gasteiger partial charge in [-0.25, -0.2) is 4.98 Å². The molecule has 1 unspecified atom stereocenters. The topological polar surface area (TPSA) is 65.5 Å². The number of anilines is 1. The molecule has 0 aromatic carbocycles. The van der Waals surface area contributed by atoms with Crippen LogP contribution in [0.3, 0.4) is 0 Å². The fourth-order valence-electron chi connectivity index (χ4n) is 3.24. The van der Waals surface area contributed by atoms with Crippen molar-refractivity contribution in [3.8, 4) is 0 Å². The van der Waals surface area contributed by atoms with Crippen LogP contribution in [0.1, 0.15) is 44.3 Å². The number of carbonyl (C=O) groups is 2. The summed E-state index contributed by atoms with van der Waals surface area (Å²) >= 11 is 1.45. The maximum atomic E-state index is 12.3. The van der Waals surface area contributed by atoms with Gasteiger partial charge in [-0.3, -0.25) is 14.5 Å². The normalized spacial score (nSPS) is 22.2. The van der Waals surface area contributed by atoms with Gasteiger partial charge in [-0.2, -0.15) is 0 Å². The van der Waals surface area contributed by atoms with Gasteiger partial charge < -0.3 is 10.2 Å². The van der Waals surface area contributed by atoms with E-state index in [0.717, 1.165) is 51.0 Å². The van der Waals surface area contributed by atoms with Gasteiger partial charge in [-0.1, -0.05) is 0 Å². The Morgan fingerprint density at radius 3 is 2.82 bits per heavy atom. The van der Waals surface area contributed by atoms with Crippen LogP contribution in [0, 0.1) is 0 Å². The summed E-state index contributed by atoms with van der Waals surface area (Å²) in [6.07, 6.45) is 4.37. The predicted molar refractivity (Wildman–Crippen MR) is 85.8 cm³/mol. The van der Waals surface area contributed by atoms with E-state index >= 15 is 0 Å². The smallest absolute Gasteiger partial charge is 0.236 e. The van der Waals surface area contributed by atoms with E-state index in [0.29, 0.717) is 11.7 Å². The molecule has 1 aromatic rings. The van der Waals surface area contributed by atoms with E-state index in [1.165, 1.54) is 18.3 Å². The van der Waals surface area contributed by atoms with Crippen molar-refractivity contribution in [2.45, 2.75) is 38.6 Å². The quantitative estimate of drug-likeness (QED) is 0.919. The van der Waals surface area contributed by atoms with E-state index in [1.807, 2.05) is 10.3 Å². The van der Waals surface area contributed by atoms with E-state index in [2.05, 4.69) is 15.2 Å². The lowest BCUT2D eigenvalue weighted by Crippen LogP contribution is -2.38. The molecule has 0 saturated carbocycles. The van der Waals surface area contributed by atoms with Crippen molar-refractivity contribution in [2.75, 3.05) is 31.5 Å². The van der Waals surface area contributed by atoms with Gasteiger partial charge in [0.1, 0.15) is 0 Å². The Labute approximate surface area is 134 Å². The maximum absolute atomic E-state index is 12.3. The highest BCUT2D eigenvalue weighted by Gasteiger charge is 2.31. The van der Waals surface area contributed by atoms with Gasteiger partial charge in [-0.15, -0.1) is 11.3 Å². The summed E-state index contributed by atoms with van der Waals surface area (Å²) in [7, 11) is 0. The summed E-state index contributed by atoms with van der Waals surface area (Å²) in [6.45, 7) is 4.72. The number of rotatable bonds is 4. The Hall–Kier alpha value is -1.47. The Kier molecular flexibility index (Phi) is 4.73. The minimum absolute atomic E-state index is 0.103. The molecule has 3 heterocycles. The molecule has 0 spiro atoms. The summed E-state index contributed by atoms with van der Waals surface area (Å²) in [6, 6.07) is 0.199. The minimum Gasteiger partial charge on any atom is -0.342 e. The van der Waals surface area contributed by atoms with Crippen LogP contribution in [0.25, 0.3) is 0 Å². The SMILES string of the molecule is CC(=O)Nc1nc(C2CCCN2CC(=O)N2CCCC2)cs1. The molecule has 1 atom stereocenters. The average Bonchev–Trinajstić information content (AvgIpc) is 3.18. The fraction of sp³-hybridized carbons (Fsp3) is 0.667. The average molecular weight is 322 g/mol. The van der Waals surface area contributed by atoms with Crippen LogP contribution in [-0.4, -0.2) is 52.8 Å². The monoisotopic (exact) mass is 322 g/mol. The van der Waals surface area contributed by atoms with Crippen molar-refractivity contribution < 1.29 is 9.59 Å². The van der Waals surface area contributed by atoms with E-state index < -0.39 is 0 Å². The van der Waals surface area contributed by atoms with Crippen molar-refractivity contribution in [3.63, 3.8) is 0 Å². The van der Waals surface area contributed by atoms with Crippen LogP contribution < -0.4 is 5.32 Å². The van der Waals surface area contributed by atoms with Gasteiger partial charge in [0.2, 0.25) is 11.8 Å². The highest BCUT2D eigenvalue weighted by Crippen LogP contribution is 2.33. The molecule has 0 aliphatic carbocycles. The Morgan fingerprint density at radius 2 is 2.09 bits per heavy atom. The zero-order chi connectivity index (χ0) is 15.5. The molecule has 2 amide bonds. The Balaban J connectivity index is 1.63. The second-order valence-electron chi connectivity index (χ2n) is 5.98. The van der Waals surface area contributed by atoms with Gasteiger partial charge in [0.05, 0.1) is 18.3 Å². The first-order valence-electron chi connectivity index (χ1n) is 7.88. The van der Waals surface area contributed by atoms with Crippen LogP contribution in [-0.2, 0) is 9.59 Å². The number of nitrogens with one attached hydrogen (secondary N) is 1. The molecule has 1 N–H and O–H groups in total. The molecule has 22 heavy (non-hydrogen) atoms. The molecule has 2 fully saturated rings. The number of likely N-dealkylation sites (tertiary alicyclic amines) is 2. The zero-order valence-corrected chi connectivity index (χ0v) is 13.7. The van der Waals surface area contributed by atoms with Crippen LogP contribution in [0.2, 0.25) is 0 Å². The summed E-state index contributed by atoms with van der Waals surface area (Å²) in [5, 5.41) is 5.36. The number of amides is 2. The molecule has 120 valence electrons. The Morgan fingerprint density at radius 1 is 1.32 bits per heavy atom. The molecule has 0 bridgehead atoms. The number of aromatic nitrogens is 1. The second kappa shape index (κ2) is 6.75. The summed E-state index contributed by atoms with van der Waals surface area (Å²) < 4.78 is 0. The summed E-state index contributed by atoms with van der Waals surface area (Å²) in [4.78, 5) is 32.1. The molecule has 0 radical (unpaired) electrons. The lowest BCUT2D eigenvalue weighted by Gasteiger charge is -2.25. The predicted octanol–water partition coefficient (Wildman–Crippen LogP) is 1.86. The summed E-state index contributed by atoms with van der Waals surface area (Å²) in [5.74, 6) is 0.134. The molecular weight excluding hydrogens is 300 g/mol. The van der Waals surface area contributed by atoms with Crippen LogP contribution in [0.5, 0.6) is 0 Å². The molecule has 1 aromatic heterocycles. The van der Waals surface area contributed by atoms with Gasteiger partial charge in [0, 0.05) is 25.4 Å². The first-order valence-corrected chi connectivity index (χ1v) is 8.76. The molecule has 2 saturated heterocycles. The zero-order valence-electron chi connectivity index (χ0n) is 12.9. The minimum atomic E-state index is -0.103. The van der Waals surface area contributed by atoms with Crippen molar-refractivity contribution in [1.29, 1.82) is 0 Å². The highest BCUT2D eigenvalue weighted by atomic mass is 32.1. The van der Waals surface area contributed by atoms with E-state index in [-0.39, 0.29) is 17.9 Å². The largest absolute Gasteiger partial charge is 0.342 e. The molecule has 3 rings (SSSR count). The van der Waals surface area contributed by atoms with Crippen molar-refractivity contribution >= 4 is 28.3 Å². The van der Waals surface area contributed by atoms with Crippen molar-refractivity contribution in [2.24, 2.45) is 0 Å².